The highest BCUT2D eigenvalue weighted by Gasteiger charge is 2.59. The molecular formula is C16H26N4S. The summed E-state index contributed by atoms with van der Waals surface area (Å²) in [5.41, 5.74) is 8.37. The minimum atomic E-state index is 0.290. The summed E-state index contributed by atoms with van der Waals surface area (Å²) in [6.45, 7) is 9.17. The van der Waals surface area contributed by atoms with E-state index < -0.39 is 0 Å². The van der Waals surface area contributed by atoms with Crippen LogP contribution in [0.2, 0.25) is 0 Å². The van der Waals surface area contributed by atoms with E-state index in [1.807, 2.05) is 18.7 Å². The second kappa shape index (κ2) is 4.45. The van der Waals surface area contributed by atoms with Gasteiger partial charge < -0.3 is 11.1 Å². The monoisotopic (exact) mass is 306 g/mol. The molecular weight excluding hydrogens is 280 g/mol. The normalized spacial score (nSPS) is 33.4. The molecule has 2 aliphatic carbocycles. The van der Waals surface area contributed by atoms with Gasteiger partial charge in [0.15, 0.2) is 0 Å². The molecule has 2 bridgehead atoms. The van der Waals surface area contributed by atoms with Gasteiger partial charge in [0.25, 0.3) is 0 Å². The Hall–Kier alpha value is -1.10. The van der Waals surface area contributed by atoms with Crippen LogP contribution in [0.3, 0.4) is 0 Å². The molecule has 2 saturated carbocycles. The number of nitrogens with two attached hydrogens (primary N) is 1. The van der Waals surface area contributed by atoms with E-state index in [0.717, 1.165) is 23.0 Å². The molecule has 3 atom stereocenters. The number of hydrogen-bond donors (Lipinski definition) is 2. The standard InChI is InChI=1S/C16H26N4S/c1-9-11(12(17)21)13(20(5)19-9)18-14-15(2,3)10-6-7-16(14,4)8-10/h10,14,18H,6-8H2,1-5H3,(H2,17,21). The third-order valence-electron chi connectivity index (χ3n) is 6.02. The zero-order valence-electron chi connectivity index (χ0n) is 13.7. The van der Waals surface area contributed by atoms with Gasteiger partial charge in [-0.25, -0.2) is 0 Å². The molecule has 0 radical (unpaired) electrons. The molecule has 0 aromatic carbocycles. The van der Waals surface area contributed by atoms with Crippen LogP contribution in [0.1, 0.15) is 51.3 Å². The maximum atomic E-state index is 5.92. The van der Waals surface area contributed by atoms with Crippen molar-refractivity contribution in [3.63, 3.8) is 0 Å². The zero-order chi connectivity index (χ0) is 15.6. The SMILES string of the molecule is Cc1nn(C)c(NC2C3(C)CCC(C3)C2(C)C)c1C(N)=S. The van der Waals surface area contributed by atoms with Gasteiger partial charge in [0, 0.05) is 13.1 Å². The van der Waals surface area contributed by atoms with E-state index in [2.05, 4.69) is 31.2 Å². The lowest BCUT2D eigenvalue weighted by molar-refractivity contribution is 0.155. The molecule has 2 aliphatic rings. The number of aromatic nitrogens is 2. The molecule has 116 valence electrons. The zero-order valence-corrected chi connectivity index (χ0v) is 14.5. The average Bonchev–Trinajstić information content (AvgIpc) is 2.92. The molecule has 1 aromatic heterocycles. The Morgan fingerprint density at radius 2 is 2.10 bits per heavy atom. The third-order valence-corrected chi connectivity index (χ3v) is 6.22. The summed E-state index contributed by atoms with van der Waals surface area (Å²) in [7, 11) is 1.96. The maximum Gasteiger partial charge on any atom is 0.134 e. The second-order valence-electron chi connectivity index (χ2n) is 7.79. The summed E-state index contributed by atoms with van der Waals surface area (Å²) >= 11 is 5.23. The third kappa shape index (κ3) is 2.00. The first kappa shape index (κ1) is 14.8. The van der Waals surface area contributed by atoms with Crippen LogP contribution in [0, 0.1) is 23.7 Å². The van der Waals surface area contributed by atoms with Gasteiger partial charge in [-0.05, 0) is 42.9 Å². The van der Waals surface area contributed by atoms with Crippen LogP contribution in [0.4, 0.5) is 5.82 Å². The number of anilines is 1. The van der Waals surface area contributed by atoms with E-state index in [1.54, 1.807) is 0 Å². The lowest BCUT2D eigenvalue weighted by Gasteiger charge is -2.43. The van der Waals surface area contributed by atoms with Crippen LogP contribution in [0.25, 0.3) is 0 Å². The molecule has 0 spiro atoms. The molecule has 0 amide bonds. The number of fused-ring (bicyclic) bond motifs is 2. The Morgan fingerprint density at radius 1 is 1.43 bits per heavy atom. The number of rotatable bonds is 3. The van der Waals surface area contributed by atoms with Gasteiger partial charge in [-0.15, -0.1) is 0 Å². The number of nitrogens with zero attached hydrogens (tertiary/aromatic N) is 2. The number of thiocarbonyl (C=S) groups is 1. The highest BCUT2D eigenvalue weighted by Crippen LogP contribution is 2.63. The molecule has 21 heavy (non-hydrogen) atoms. The summed E-state index contributed by atoms with van der Waals surface area (Å²) in [5, 5.41) is 8.27. The predicted molar refractivity (Wildman–Crippen MR) is 90.5 cm³/mol. The van der Waals surface area contributed by atoms with E-state index in [9.17, 15) is 0 Å². The Morgan fingerprint density at radius 3 is 2.62 bits per heavy atom. The van der Waals surface area contributed by atoms with Crippen molar-refractivity contribution in [1.82, 2.24) is 9.78 Å². The van der Waals surface area contributed by atoms with Crippen molar-refractivity contribution in [1.29, 1.82) is 0 Å². The lowest BCUT2D eigenvalue weighted by atomic mass is 9.68. The molecule has 1 aromatic rings. The Labute approximate surface area is 132 Å². The fraction of sp³-hybridized carbons (Fsp3) is 0.750. The topological polar surface area (TPSA) is 55.9 Å². The van der Waals surface area contributed by atoms with E-state index in [0.29, 0.717) is 21.9 Å². The number of nitrogens with one attached hydrogen (secondary N) is 1. The Bertz CT molecular complexity index is 599. The van der Waals surface area contributed by atoms with Crippen molar-refractivity contribution < 1.29 is 0 Å². The van der Waals surface area contributed by atoms with Crippen molar-refractivity contribution in [3.8, 4) is 0 Å². The molecule has 1 heterocycles. The summed E-state index contributed by atoms with van der Waals surface area (Å²) < 4.78 is 1.88. The molecule has 3 N–H and O–H groups in total. The number of aryl methyl sites for hydroxylation is 2. The van der Waals surface area contributed by atoms with Crippen LogP contribution < -0.4 is 11.1 Å². The largest absolute Gasteiger partial charge is 0.389 e. The van der Waals surface area contributed by atoms with Crippen molar-refractivity contribution in [2.75, 3.05) is 5.32 Å². The van der Waals surface area contributed by atoms with Gasteiger partial charge in [-0.3, -0.25) is 4.68 Å². The van der Waals surface area contributed by atoms with Crippen molar-refractivity contribution in [2.24, 2.45) is 29.5 Å². The highest BCUT2D eigenvalue weighted by molar-refractivity contribution is 7.80. The average molecular weight is 306 g/mol. The van der Waals surface area contributed by atoms with E-state index in [1.165, 1.54) is 19.3 Å². The van der Waals surface area contributed by atoms with Crippen molar-refractivity contribution in [3.05, 3.63) is 11.3 Å². The fourth-order valence-corrected chi connectivity index (χ4v) is 5.16. The summed E-state index contributed by atoms with van der Waals surface area (Å²) in [4.78, 5) is 0.425. The van der Waals surface area contributed by atoms with Gasteiger partial charge in [0.1, 0.15) is 10.8 Å². The van der Waals surface area contributed by atoms with Gasteiger partial charge in [0.05, 0.1) is 11.3 Å². The molecule has 5 heteroatoms. The van der Waals surface area contributed by atoms with Crippen LogP contribution in [0.5, 0.6) is 0 Å². The highest BCUT2D eigenvalue weighted by atomic mass is 32.1. The summed E-state index contributed by atoms with van der Waals surface area (Å²) in [6, 6.07) is 0.437. The first-order valence-electron chi connectivity index (χ1n) is 7.77. The lowest BCUT2D eigenvalue weighted by Crippen LogP contribution is -2.46. The van der Waals surface area contributed by atoms with Gasteiger partial charge >= 0.3 is 0 Å². The first-order chi connectivity index (χ1) is 9.67. The van der Waals surface area contributed by atoms with Crippen molar-refractivity contribution in [2.45, 2.75) is 53.0 Å². The molecule has 0 aliphatic heterocycles. The van der Waals surface area contributed by atoms with Crippen LogP contribution in [0.15, 0.2) is 0 Å². The van der Waals surface area contributed by atoms with Gasteiger partial charge in [0.2, 0.25) is 0 Å². The minimum absolute atomic E-state index is 0.290. The van der Waals surface area contributed by atoms with E-state index in [4.69, 9.17) is 18.0 Å². The van der Waals surface area contributed by atoms with Crippen molar-refractivity contribution >= 4 is 23.0 Å². The Kier molecular flexibility index (Phi) is 3.14. The van der Waals surface area contributed by atoms with Crippen LogP contribution >= 0.6 is 12.2 Å². The second-order valence-corrected chi connectivity index (χ2v) is 8.23. The molecule has 0 saturated heterocycles. The summed E-state index contributed by atoms with van der Waals surface area (Å²) in [6.07, 6.45) is 3.98. The minimum Gasteiger partial charge on any atom is -0.389 e. The van der Waals surface area contributed by atoms with Gasteiger partial charge in [-0.1, -0.05) is 33.0 Å². The summed E-state index contributed by atoms with van der Waals surface area (Å²) in [5.74, 6) is 1.79. The van der Waals surface area contributed by atoms with Gasteiger partial charge in [-0.2, -0.15) is 5.10 Å². The van der Waals surface area contributed by atoms with E-state index in [-0.39, 0.29) is 0 Å². The fourth-order valence-electron chi connectivity index (χ4n) is 4.92. The maximum absolute atomic E-state index is 5.92. The molecule has 4 nitrogen and oxygen atoms in total. The smallest absolute Gasteiger partial charge is 0.134 e. The number of hydrogen-bond acceptors (Lipinski definition) is 3. The first-order valence-corrected chi connectivity index (χ1v) is 8.17. The van der Waals surface area contributed by atoms with Crippen LogP contribution in [-0.4, -0.2) is 20.8 Å². The Balaban J connectivity index is 2.00. The predicted octanol–water partition coefficient (Wildman–Crippen LogP) is 2.99. The van der Waals surface area contributed by atoms with Crippen LogP contribution in [-0.2, 0) is 7.05 Å². The molecule has 3 rings (SSSR count). The molecule has 3 unspecified atom stereocenters. The quantitative estimate of drug-likeness (QED) is 0.843. The van der Waals surface area contributed by atoms with E-state index >= 15 is 0 Å². The molecule has 2 fully saturated rings.